The molecule has 0 bridgehead atoms. The van der Waals surface area contributed by atoms with Crippen LogP contribution < -0.4 is 0 Å². The first-order valence-electron chi connectivity index (χ1n) is 9.27. The van der Waals surface area contributed by atoms with Crippen molar-refractivity contribution in [1.29, 1.82) is 0 Å². The van der Waals surface area contributed by atoms with E-state index in [9.17, 15) is 13.6 Å². The molecule has 1 aliphatic carbocycles. The molecule has 136 valence electrons. The van der Waals surface area contributed by atoms with Crippen molar-refractivity contribution in [1.82, 2.24) is 4.90 Å². The molecule has 1 saturated heterocycles. The molecular weight excluding hydrogens is 332 g/mol. The summed E-state index contributed by atoms with van der Waals surface area (Å²) in [5.74, 6) is -1.31. The van der Waals surface area contributed by atoms with Crippen LogP contribution in [-0.4, -0.2) is 17.4 Å². The van der Waals surface area contributed by atoms with Gasteiger partial charge in [0, 0.05) is 18.5 Å². The summed E-state index contributed by atoms with van der Waals surface area (Å²) in [6, 6.07) is 10.2. The highest BCUT2D eigenvalue weighted by atomic mass is 19.1. The van der Waals surface area contributed by atoms with Crippen LogP contribution in [0.3, 0.4) is 0 Å². The van der Waals surface area contributed by atoms with Gasteiger partial charge >= 0.3 is 0 Å². The van der Waals surface area contributed by atoms with Crippen LogP contribution in [0, 0.1) is 31.4 Å². The molecule has 2 aromatic carbocycles. The lowest BCUT2D eigenvalue weighted by Gasteiger charge is -2.26. The van der Waals surface area contributed by atoms with Gasteiger partial charge in [0.15, 0.2) is 0 Å². The molecule has 1 heterocycles. The lowest BCUT2D eigenvalue weighted by atomic mass is 9.99. The number of hydrogen-bond donors (Lipinski definition) is 0. The van der Waals surface area contributed by atoms with Gasteiger partial charge in [0.25, 0.3) is 0 Å². The van der Waals surface area contributed by atoms with Gasteiger partial charge in [0.1, 0.15) is 11.6 Å². The van der Waals surface area contributed by atoms with E-state index in [4.69, 9.17) is 0 Å². The standard InChI is InChI=1S/C22H23F2NO/c1-13-8-14(2)10-15(9-13)21-4-3-7-25(21)22(26)19-12-18(19)17-6-5-16(23)11-20(17)24/h5-6,8-11,18-19,21H,3-4,7,12H2,1-2H3. The minimum atomic E-state index is -0.579. The summed E-state index contributed by atoms with van der Waals surface area (Å²) in [5, 5.41) is 0. The third kappa shape index (κ3) is 3.13. The normalized spacial score (nSPS) is 24.8. The Balaban J connectivity index is 1.53. The number of carbonyl (C=O) groups excluding carboxylic acids is 1. The van der Waals surface area contributed by atoms with Crippen LogP contribution in [0.2, 0.25) is 0 Å². The Morgan fingerprint density at radius 3 is 2.50 bits per heavy atom. The first-order valence-corrected chi connectivity index (χ1v) is 9.27. The molecule has 0 spiro atoms. The third-order valence-corrected chi connectivity index (χ3v) is 5.63. The maximum atomic E-state index is 14.0. The first kappa shape index (κ1) is 17.2. The van der Waals surface area contributed by atoms with Crippen molar-refractivity contribution in [3.63, 3.8) is 0 Å². The Bertz CT molecular complexity index is 843. The molecule has 2 nitrogen and oxygen atoms in total. The number of hydrogen-bond acceptors (Lipinski definition) is 1. The molecule has 2 aromatic rings. The quantitative estimate of drug-likeness (QED) is 0.754. The van der Waals surface area contributed by atoms with Crippen molar-refractivity contribution < 1.29 is 13.6 Å². The fourth-order valence-corrected chi connectivity index (χ4v) is 4.41. The second kappa shape index (κ2) is 6.49. The maximum Gasteiger partial charge on any atom is 0.226 e. The molecule has 4 heteroatoms. The smallest absolute Gasteiger partial charge is 0.226 e. The van der Waals surface area contributed by atoms with Crippen LogP contribution >= 0.6 is 0 Å². The monoisotopic (exact) mass is 355 g/mol. The zero-order valence-electron chi connectivity index (χ0n) is 15.1. The number of carbonyl (C=O) groups is 1. The molecule has 0 aromatic heterocycles. The van der Waals surface area contributed by atoms with Gasteiger partial charge in [-0.2, -0.15) is 0 Å². The number of amides is 1. The zero-order chi connectivity index (χ0) is 18.4. The van der Waals surface area contributed by atoms with E-state index in [0.717, 1.165) is 25.5 Å². The Hall–Kier alpha value is -2.23. The van der Waals surface area contributed by atoms with Crippen LogP contribution in [0.15, 0.2) is 36.4 Å². The molecule has 1 saturated carbocycles. The van der Waals surface area contributed by atoms with E-state index < -0.39 is 11.6 Å². The number of nitrogens with zero attached hydrogens (tertiary/aromatic N) is 1. The minimum absolute atomic E-state index is 0.111. The second-order valence-electron chi connectivity index (χ2n) is 7.73. The van der Waals surface area contributed by atoms with Gasteiger partial charge in [-0.25, -0.2) is 8.78 Å². The van der Waals surface area contributed by atoms with E-state index in [2.05, 4.69) is 32.0 Å². The predicted molar refractivity (Wildman–Crippen MR) is 96.8 cm³/mol. The molecular formula is C22H23F2NO. The first-order chi connectivity index (χ1) is 12.4. The Morgan fingerprint density at radius 2 is 1.81 bits per heavy atom. The summed E-state index contributed by atoms with van der Waals surface area (Å²) in [4.78, 5) is 15.0. The second-order valence-corrected chi connectivity index (χ2v) is 7.73. The van der Waals surface area contributed by atoms with Crippen molar-refractivity contribution in [2.75, 3.05) is 6.54 Å². The largest absolute Gasteiger partial charge is 0.335 e. The summed E-state index contributed by atoms with van der Waals surface area (Å²) in [7, 11) is 0. The Labute approximate surface area is 152 Å². The molecule has 2 fully saturated rings. The van der Waals surface area contributed by atoms with Crippen molar-refractivity contribution in [2.45, 2.75) is 45.1 Å². The summed E-state index contributed by atoms with van der Waals surface area (Å²) in [6.07, 6.45) is 2.61. The lowest BCUT2D eigenvalue weighted by Crippen LogP contribution is -2.32. The molecule has 0 radical (unpaired) electrons. The zero-order valence-corrected chi connectivity index (χ0v) is 15.1. The van der Waals surface area contributed by atoms with Crippen LogP contribution in [0.25, 0.3) is 0 Å². The van der Waals surface area contributed by atoms with Gasteiger partial charge in [-0.15, -0.1) is 0 Å². The van der Waals surface area contributed by atoms with Gasteiger partial charge in [0.05, 0.1) is 6.04 Å². The van der Waals surface area contributed by atoms with Gasteiger partial charge in [-0.1, -0.05) is 35.4 Å². The molecule has 1 amide bonds. The average molecular weight is 355 g/mol. The highest BCUT2D eigenvalue weighted by Gasteiger charge is 2.48. The highest BCUT2D eigenvalue weighted by molar-refractivity contribution is 5.83. The van der Waals surface area contributed by atoms with Crippen LogP contribution in [0.5, 0.6) is 0 Å². The topological polar surface area (TPSA) is 20.3 Å². The van der Waals surface area contributed by atoms with Crippen LogP contribution in [-0.2, 0) is 4.79 Å². The van der Waals surface area contributed by atoms with Crippen molar-refractivity contribution in [3.05, 3.63) is 70.3 Å². The van der Waals surface area contributed by atoms with E-state index in [0.29, 0.717) is 12.0 Å². The van der Waals surface area contributed by atoms with Crippen molar-refractivity contribution in [2.24, 2.45) is 5.92 Å². The summed E-state index contributed by atoms with van der Waals surface area (Å²) in [5.41, 5.74) is 4.07. The molecule has 3 atom stereocenters. The van der Waals surface area contributed by atoms with Crippen LogP contribution in [0.4, 0.5) is 8.78 Å². The molecule has 26 heavy (non-hydrogen) atoms. The van der Waals surface area contributed by atoms with E-state index >= 15 is 0 Å². The summed E-state index contributed by atoms with van der Waals surface area (Å²) >= 11 is 0. The molecule has 2 aliphatic rings. The Kier molecular flexibility index (Phi) is 4.29. The molecule has 4 rings (SSSR count). The number of likely N-dealkylation sites (tertiary alicyclic amines) is 1. The van der Waals surface area contributed by atoms with Crippen molar-refractivity contribution >= 4 is 5.91 Å². The van der Waals surface area contributed by atoms with Gasteiger partial charge in [-0.05, 0) is 56.2 Å². The predicted octanol–water partition coefficient (Wildman–Crippen LogP) is 5.05. The average Bonchev–Trinajstić information content (AvgIpc) is 3.19. The van der Waals surface area contributed by atoms with E-state index in [1.807, 2.05) is 4.90 Å². The van der Waals surface area contributed by atoms with Gasteiger partial charge in [-0.3, -0.25) is 4.79 Å². The number of halogens is 2. The van der Waals surface area contributed by atoms with Gasteiger partial charge < -0.3 is 4.90 Å². The van der Waals surface area contributed by atoms with Crippen LogP contribution in [0.1, 0.15) is 53.5 Å². The number of benzene rings is 2. The van der Waals surface area contributed by atoms with E-state index in [1.54, 1.807) is 0 Å². The summed E-state index contributed by atoms with van der Waals surface area (Å²) < 4.78 is 27.1. The SMILES string of the molecule is Cc1cc(C)cc(C2CCCN2C(=O)C2CC2c2ccc(F)cc2F)c1. The summed E-state index contributed by atoms with van der Waals surface area (Å²) in [6.45, 7) is 4.91. The number of aryl methyl sites for hydroxylation is 2. The Morgan fingerprint density at radius 1 is 1.08 bits per heavy atom. The number of rotatable bonds is 3. The van der Waals surface area contributed by atoms with E-state index in [-0.39, 0.29) is 23.8 Å². The molecule has 3 unspecified atom stereocenters. The maximum absolute atomic E-state index is 14.0. The van der Waals surface area contributed by atoms with E-state index in [1.165, 1.54) is 28.8 Å². The van der Waals surface area contributed by atoms with Gasteiger partial charge in [0.2, 0.25) is 5.91 Å². The molecule has 1 aliphatic heterocycles. The minimum Gasteiger partial charge on any atom is -0.335 e. The lowest BCUT2D eigenvalue weighted by molar-refractivity contribution is -0.133. The molecule has 0 N–H and O–H groups in total. The fraction of sp³-hybridized carbons (Fsp3) is 0.409. The third-order valence-electron chi connectivity index (χ3n) is 5.63. The fourth-order valence-electron chi connectivity index (χ4n) is 4.41. The highest BCUT2D eigenvalue weighted by Crippen LogP contribution is 2.51. The van der Waals surface area contributed by atoms with Crippen molar-refractivity contribution in [3.8, 4) is 0 Å².